The number of fused-ring (bicyclic) bond motifs is 1. The molecule has 90 valence electrons. The third kappa shape index (κ3) is 1.94. The summed E-state index contributed by atoms with van der Waals surface area (Å²) in [6.07, 6.45) is 0.496. The third-order valence-electron chi connectivity index (χ3n) is 3.31. The summed E-state index contributed by atoms with van der Waals surface area (Å²) in [7, 11) is 0. The number of carbonyl (C=O) groups excluding carboxylic acids is 1. The smallest absolute Gasteiger partial charge is 0.164 e. The summed E-state index contributed by atoms with van der Waals surface area (Å²) in [6, 6.07) is 13.2. The van der Waals surface area contributed by atoms with Crippen LogP contribution < -0.4 is 0 Å². The van der Waals surface area contributed by atoms with Gasteiger partial charge in [0.25, 0.3) is 0 Å². The molecule has 0 aliphatic heterocycles. The van der Waals surface area contributed by atoms with Crippen molar-refractivity contribution in [2.24, 2.45) is 0 Å². The Morgan fingerprint density at radius 1 is 1.00 bits per heavy atom. The Morgan fingerprint density at radius 3 is 2.39 bits per heavy atom. The van der Waals surface area contributed by atoms with Crippen LogP contribution in [0.1, 0.15) is 33.8 Å². The molecule has 1 nitrogen and oxygen atoms in total. The molecule has 0 radical (unpaired) electrons. The van der Waals surface area contributed by atoms with Crippen molar-refractivity contribution in [1.82, 2.24) is 0 Å². The van der Waals surface area contributed by atoms with Crippen molar-refractivity contribution < 1.29 is 4.79 Å². The van der Waals surface area contributed by atoms with E-state index in [2.05, 4.69) is 0 Å². The maximum atomic E-state index is 12.0. The molecule has 18 heavy (non-hydrogen) atoms. The van der Waals surface area contributed by atoms with Gasteiger partial charge >= 0.3 is 0 Å². The van der Waals surface area contributed by atoms with Gasteiger partial charge in [-0.05, 0) is 29.3 Å². The topological polar surface area (TPSA) is 17.1 Å². The molecular formula is C15H10Cl2O. The molecule has 0 spiro atoms. The van der Waals surface area contributed by atoms with E-state index in [0.29, 0.717) is 16.5 Å². The number of carbonyl (C=O) groups is 1. The maximum Gasteiger partial charge on any atom is 0.164 e. The number of hydrogen-bond donors (Lipinski definition) is 0. The lowest BCUT2D eigenvalue weighted by Gasteiger charge is -2.12. The highest BCUT2D eigenvalue weighted by Gasteiger charge is 2.30. The first-order valence-corrected chi connectivity index (χ1v) is 6.49. The van der Waals surface area contributed by atoms with Gasteiger partial charge in [0.05, 0.1) is 0 Å². The van der Waals surface area contributed by atoms with Gasteiger partial charge in [0, 0.05) is 27.9 Å². The Hall–Kier alpha value is -1.31. The van der Waals surface area contributed by atoms with Gasteiger partial charge in [-0.1, -0.05) is 47.5 Å². The molecule has 0 heterocycles. The summed E-state index contributed by atoms with van der Waals surface area (Å²) in [5.74, 6) is 0.261. The van der Waals surface area contributed by atoms with Crippen LogP contribution in [0.15, 0.2) is 42.5 Å². The maximum absolute atomic E-state index is 12.0. The van der Waals surface area contributed by atoms with Crippen molar-refractivity contribution in [3.05, 3.63) is 69.2 Å². The van der Waals surface area contributed by atoms with Crippen molar-refractivity contribution >= 4 is 29.0 Å². The molecule has 3 rings (SSSR count). The Morgan fingerprint density at radius 2 is 1.67 bits per heavy atom. The molecule has 0 fully saturated rings. The summed E-state index contributed by atoms with van der Waals surface area (Å²) in [5, 5.41) is 1.21. The molecule has 1 aliphatic carbocycles. The summed E-state index contributed by atoms with van der Waals surface area (Å²) < 4.78 is 0. The van der Waals surface area contributed by atoms with Crippen molar-refractivity contribution in [3.8, 4) is 0 Å². The van der Waals surface area contributed by atoms with Gasteiger partial charge < -0.3 is 0 Å². The second kappa shape index (κ2) is 4.42. The SMILES string of the molecule is O=C1CC(c2cc(Cl)cc(Cl)c2)c2ccccc21. The van der Waals surface area contributed by atoms with Gasteiger partial charge in [-0.3, -0.25) is 4.79 Å². The highest BCUT2D eigenvalue weighted by Crippen LogP contribution is 2.39. The molecule has 0 bridgehead atoms. The molecule has 0 amide bonds. The first-order chi connectivity index (χ1) is 8.65. The van der Waals surface area contributed by atoms with Crippen LogP contribution in [0, 0.1) is 0 Å². The highest BCUT2D eigenvalue weighted by atomic mass is 35.5. The fourth-order valence-electron chi connectivity index (χ4n) is 2.53. The van der Waals surface area contributed by atoms with Crippen molar-refractivity contribution in [2.45, 2.75) is 12.3 Å². The number of rotatable bonds is 1. The van der Waals surface area contributed by atoms with Crippen molar-refractivity contribution in [1.29, 1.82) is 0 Å². The summed E-state index contributed by atoms with van der Waals surface area (Å²) >= 11 is 12.0. The molecule has 1 aliphatic rings. The van der Waals surface area contributed by atoms with Crippen LogP contribution in [0.4, 0.5) is 0 Å². The number of halogens is 2. The molecule has 0 saturated carbocycles. The molecule has 1 atom stereocenters. The average Bonchev–Trinajstić information content (AvgIpc) is 2.66. The summed E-state index contributed by atoms with van der Waals surface area (Å²) in [4.78, 5) is 12.0. The van der Waals surface area contributed by atoms with Crippen molar-refractivity contribution in [2.75, 3.05) is 0 Å². The molecule has 1 unspecified atom stereocenters. The van der Waals surface area contributed by atoms with E-state index >= 15 is 0 Å². The first-order valence-electron chi connectivity index (χ1n) is 5.73. The van der Waals surface area contributed by atoms with Crippen molar-refractivity contribution in [3.63, 3.8) is 0 Å². The molecule has 3 heteroatoms. The van der Waals surface area contributed by atoms with E-state index in [0.717, 1.165) is 16.7 Å². The van der Waals surface area contributed by atoms with E-state index in [1.165, 1.54) is 0 Å². The van der Waals surface area contributed by atoms with E-state index < -0.39 is 0 Å². The number of ketones is 1. The lowest BCUT2D eigenvalue weighted by Crippen LogP contribution is -1.96. The van der Waals surface area contributed by atoms with Crippen LogP contribution in [0.5, 0.6) is 0 Å². The highest BCUT2D eigenvalue weighted by molar-refractivity contribution is 6.34. The Bertz CT molecular complexity index is 614. The molecule has 0 N–H and O–H groups in total. The fourth-order valence-corrected chi connectivity index (χ4v) is 3.08. The normalized spacial score (nSPS) is 17.9. The van der Waals surface area contributed by atoms with Crippen LogP contribution >= 0.6 is 23.2 Å². The van der Waals surface area contributed by atoms with Crippen LogP contribution in [-0.4, -0.2) is 5.78 Å². The summed E-state index contributed by atoms with van der Waals surface area (Å²) in [6.45, 7) is 0. The Balaban J connectivity index is 2.12. The average molecular weight is 277 g/mol. The van der Waals surface area contributed by atoms with Gasteiger partial charge in [-0.15, -0.1) is 0 Å². The van der Waals surface area contributed by atoms with E-state index in [9.17, 15) is 4.79 Å². The second-order valence-electron chi connectivity index (χ2n) is 4.47. The monoisotopic (exact) mass is 276 g/mol. The molecular weight excluding hydrogens is 267 g/mol. The van der Waals surface area contributed by atoms with E-state index in [4.69, 9.17) is 23.2 Å². The molecule has 0 saturated heterocycles. The zero-order chi connectivity index (χ0) is 12.7. The Labute approximate surface area is 115 Å². The zero-order valence-corrected chi connectivity index (χ0v) is 11.0. The number of benzene rings is 2. The summed E-state index contributed by atoms with van der Waals surface area (Å²) in [5.41, 5.74) is 2.89. The lowest BCUT2D eigenvalue weighted by atomic mass is 9.93. The molecule has 0 aromatic heterocycles. The first kappa shape index (κ1) is 11.8. The number of hydrogen-bond acceptors (Lipinski definition) is 1. The van der Waals surface area contributed by atoms with Gasteiger partial charge in [0.15, 0.2) is 5.78 Å². The van der Waals surface area contributed by atoms with Gasteiger partial charge in [-0.25, -0.2) is 0 Å². The number of Topliss-reactive ketones (excluding diaryl/α,β-unsaturated/α-hetero) is 1. The third-order valence-corrected chi connectivity index (χ3v) is 3.75. The van der Waals surface area contributed by atoms with Gasteiger partial charge in [0.1, 0.15) is 0 Å². The Kier molecular flexibility index (Phi) is 2.89. The van der Waals surface area contributed by atoms with Crippen LogP contribution in [0.3, 0.4) is 0 Å². The predicted octanol–water partition coefficient (Wildman–Crippen LogP) is 4.71. The van der Waals surface area contributed by atoms with E-state index in [-0.39, 0.29) is 11.7 Å². The minimum atomic E-state index is 0.0740. The molecule has 2 aromatic carbocycles. The van der Waals surface area contributed by atoms with E-state index in [1.54, 1.807) is 6.07 Å². The van der Waals surface area contributed by atoms with Gasteiger partial charge in [0.2, 0.25) is 0 Å². The zero-order valence-electron chi connectivity index (χ0n) is 9.49. The van der Waals surface area contributed by atoms with Crippen LogP contribution in [-0.2, 0) is 0 Å². The molecule has 2 aromatic rings. The quantitative estimate of drug-likeness (QED) is 0.737. The lowest BCUT2D eigenvalue weighted by molar-refractivity contribution is 0.0991. The van der Waals surface area contributed by atoms with E-state index in [1.807, 2.05) is 36.4 Å². The minimum absolute atomic E-state index is 0.0740. The van der Waals surface area contributed by atoms with Crippen LogP contribution in [0.2, 0.25) is 10.0 Å². The minimum Gasteiger partial charge on any atom is -0.294 e. The predicted molar refractivity (Wildman–Crippen MR) is 73.7 cm³/mol. The second-order valence-corrected chi connectivity index (χ2v) is 5.34. The van der Waals surface area contributed by atoms with Crippen LogP contribution in [0.25, 0.3) is 0 Å². The largest absolute Gasteiger partial charge is 0.294 e. The standard InChI is InChI=1S/C15H10Cl2O/c16-10-5-9(6-11(17)7-10)14-8-15(18)13-4-2-1-3-12(13)14/h1-7,14H,8H2. The fraction of sp³-hybridized carbons (Fsp3) is 0.133. The van der Waals surface area contributed by atoms with Gasteiger partial charge in [-0.2, -0.15) is 0 Å².